The van der Waals surface area contributed by atoms with Gasteiger partial charge in [-0.2, -0.15) is 0 Å². The Bertz CT molecular complexity index is 1310. The minimum Gasteiger partial charge on any atom is -0.507 e. The van der Waals surface area contributed by atoms with Crippen LogP contribution in [0.15, 0.2) is 66.7 Å². The monoisotopic (exact) mass is 501 g/mol. The smallest absolute Gasteiger partial charge is 0.337 e. The van der Waals surface area contributed by atoms with Crippen LogP contribution in [0.2, 0.25) is 0 Å². The van der Waals surface area contributed by atoms with E-state index in [1.54, 1.807) is 24.3 Å². The molecule has 192 valence electrons. The van der Waals surface area contributed by atoms with Gasteiger partial charge in [0.15, 0.2) is 0 Å². The maximum atomic E-state index is 13.2. The molecule has 0 aromatic heterocycles. The van der Waals surface area contributed by atoms with Gasteiger partial charge in [0.25, 0.3) is 0 Å². The molecule has 0 spiro atoms. The Kier molecular flexibility index (Phi) is 7.89. The lowest BCUT2D eigenvalue weighted by molar-refractivity contribution is -0.126. The van der Waals surface area contributed by atoms with Crippen molar-refractivity contribution in [1.82, 2.24) is 10.2 Å². The normalized spacial score (nSPS) is 16.2. The highest BCUT2D eigenvalue weighted by Gasteiger charge is 2.31. The Hall–Kier alpha value is -4.17. The molecule has 3 aromatic rings. The van der Waals surface area contributed by atoms with Crippen molar-refractivity contribution in [1.29, 1.82) is 0 Å². The molecule has 0 aliphatic carbocycles. The molecule has 8 heteroatoms. The second-order valence-electron chi connectivity index (χ2n) is 9.27. The SMILES string of the molecule is COC(=O)c1ccc([C@H](C)NC(=O)[C@H]2CCCN2Cc2cccc(-c3ccc(C(N)=O)cc3O)c2)cc1. The van der Waals surface area contributed by atoms with Crippen molar-refractivity contribution < 1.29 is 24.2 Å². The molecule has 4 rings (SSSR count). The van der Waals surface area contributed by atoms with Gasteiger partial charge in [-0.15, -0.1) is 0 Å². The van der Waals surface area contributed by atoms with E-state index in [-0.39, 0.29) is 29.3 Å². The van der Waals surface area contributed by atoms with E-state index in [0.29, 0.717) is 17.7 Å². The van der Waals surface area contributed by atoms with Crippen molar-refractivity contribution in [2.24, 2.45) is 5.73 Å². The van der Waals surface area contributed by atoms with Crippen molar-refractivity contribution in [2.75, 3.05) is 13.7 Å². The number of ether oxygens (including phenoxy) is 1. The Balaban J connectivity index is 1.43. The molecule has 2 amide bonds. The number of nitrogens with one attached hydrogen (secondary N) is 1. The molecule has 0 saturated carbocycles. The molecular formula is C29H31N3O5. The summed E-state index contributed by atoms with van der Waals surface area (Å²) in [5.41, 5.74) is 9.36. The molecule has 1 saturated heterocycles. The van der Waals surface area contributed by atoms with E-state index in [1.165, 1.54) is 13.2 Å². The van der Waals surface area contributed by atoms with Crippen LogP contribution >= 0.6 is 0 Å². The van der Waals surface area contributed by atoms with Crippen molar-refractivity contribution in [2.45, 2.75) is 38.4 Å². The van der Waals surface area contributed by atoms with Gasteiger partial charge in [-0.3, -0.25) is 14.5 Å². The molecule has 8 nitrogen and oxygen atoms in total. The molecule has 1 fully saturated rings. The van der Waals surface area contributed by atoms with E-state index >= 15 is 0 Å². The Labute approximate surface area is 216 Å². The first kappa shape index (κ1) is 25.9. The highest BCUT2D eigenvalue weighted by molar-refractivity contribution is 5.94. The molecule has 1 aliphatic rings. The number of hydrogen-bond donors (Lipinski definition) is 3. The summed E-state index contributed by atoms with van der Waals surface area (Å²) in [5, 5.41) is 13.5. The predicted octanol–water partition coefficient (Wildman–Crippen LogP) is 3.79. The summed E-state index contributed by atoms with van der Waals surface area (Å²) in [7, 11) is 1.34. The third-order valence-electron chi connectivity index (χ3n) is 6.76. The number of hydrogen-bond acceptors (Lipinski definition) is 6. The molecule has 3 aromatic carbocycles. The first-order chi connectivity index (χ1) is 17.8. The fourth-order valence-corrected chi connectivity index (χ4v) is 4.73. The van der Waals surface area contributed by atoms with Crippen LogP contribution in [0, 0.1) is 0 Å². The molecule has 1 heterocycles. The number of nitrogens with zero attached hydrogens (tertiary/aromatic N) is 1. The summed E-state index contributed by atoms with van der Waals surface area (Å²) in [6, 6.07) is 19.0. The number of rotatable bonds is 8. The van der Waals surface area contributed by atoms with Gasteiger partial charge in [0.05, 0.1) is 24.8 Å². The van der Waals surface area contributed by atoms with Gasteiger partial charge in [0.2, 0.25) is 11.8 Å². The molecule has 0 radical (unpaired) electrons. The molecule has 0 bridgehead atoms. The number of likely N-dealkylation sites (tertiary alicyclic amines) is 1. The molecule has 4 N–H and O–H groups in total. The zero-order valence-electron chi connectivity index (χ0n) is 20.9. The number of aromatic hydroxyl groups is 1. The standard InChI is InChI=1S/C29H31N3O5/c1-18(20-8-10-21(11-9-20)29(36)37-2)31-28(35)25-7-4-14-32(25)17-19-5-3-6-22(15-19)24-13-12-23(27(30)34)16-26(24)33/h3,5-6,8-13,15-16,18,25,33H,4,7,14,17H2,1-2H3,(H2,30,34)(H,31,35)/t18-,25+/m0/s1. The van der Waals surface area contributed by atoms with E-state index in [9.17, 15) is 19.5 Å². The summed E-state index contributed by atoms with van der Waals surface area (Å²) < 4.78 is 4.74. The summed E-state index contributed by atoms with van der Waals surface area (Å²) in [5.74, 6) is -1.04. The number of methoxy groups -OCH3 is 1. The van der Waals surface area contributed by atoms with Crippen LogP contribution in [0.5, 0.6) is 5.75 Å². The lowest BCUT2D eigenvalue weighted by Gasteiger charge is -2.26. The number of carbonyl (C=O) groups is 3. The number of carbonyl (C=O) groups excluding carboxylic acids is 3. The van der Waals surface area contributed by atoms with Gasteiger partial charge >= 0.3 is 5.97 Å². The molecule has 37 heavy (non-hydrogen) atoms. The Morgan fingerprint density at radius 1 is 1.08 bits per heavy atom. The maximum absolute atomic E-state index is 13.2. The topological polar surface area (TPSA) is 122 Å². The van der Waals surface area contributed by atoms with Crippen LogP contribution in [0.1, 0.15) is 57.7 Å². The van der Waals surface area contributed by atoms with Crippen LogP contribution in [0.3, 0.4) is 0 Å². The average molecular weight is 502 g/mol. The molecule has 0 unspecified atom stereocenters. The first-order valence-electron chi connectivity index (χ1n) is 12.2. The van der Waals surface area contributed by atoms with Crippen molar-refractivity contribution in [3.05, 3.63) is 89.0 Å². The largest absolute Gasteiger partial charge is 0.507 e. The van der Waals surface area contributed by atoms with Gasteiger partial charge < -0.3 is 20.9 Å². The summed E-state index contributed by atoms with van der Waals surface area (Å²) in [4.78, 5) is 38.4. The molecule has 1 aliphatic heterocycles. The number of benzene rings is 3. The zero-order valence-corrected chi connectivity index (χ0v) is 20.9. The second-order valence-corrected chi connectivity index (χ2v) is 9.27. The van der Waals surface area contributed by atoms with E-state index in [2.05, 4.69) is 10.2 Å². The van der Waals surface area contributed by atoms with E-state index in [0.717, 1.165) is 36.1 Å². The number of phenolic OH excluding ortho intramolecular Hbond substituents is 1. The second kappa shape index (κ2) is 11.3. The highest BCUT2D eigenvalue weighted by Crippen LogP contribution is 2.31. The maximum Gasteiger partial charge on any atom is 0.337 e. The minimum absolute atomic E-state index is 0.0134. The third-order valence-corrected chi connectivity index (χ3v) is 6.76. The quantitative estimate of drug-likeness (QED) is 0.404. The van der Waals surface area contributed by atoms with Crippen molar-refractivity contribution in [3.8, 4) is 16.9 Å². The fourth-order valence-electron chi connectivity index (χ4n) is 4.73. The number of phenols is 1. The Morgan fingerprint density at radius 2 is 1.81 bits per heavy atom. The van der Waals surface area contributed by atoms with Gasteiger partial charge in [-0.25, -0.2) is 4.79 Å². The van der Waals surface area contributed by atoms with Crippen LogP contribution in [0.4, 0.5) is 0 Å². The van der Waals surface area contributed by atoms with Gasteiger partial charge in [0, 0.05) is 17.7 Å². The summed E-state index contributed by atoms with van der Waals surface area (Å²) in [6.07, 6.45) is 1.70. The first-order valence-corrected chi connectivity index (χ1v) is 12.2. The summed E-state index contributed by atoms with van der Waals surface area (Å²) >= 11 is 0. The van der Waals surface area contributed by atoms with Gasteiger partial charge in [0.1, 0.15) is 5.75 Å². The lowest BCUT2D eigenvalue weighted by atomic mass is 10.00. The van der Waals surface area contributed by atoms with E-state index in [1.807, 2.05) is 43.3 Å². The predicted molar refractivity (Wildman–Crippen MR) is 140 cm³/mol. The lowest BCUT2D eigenvalue weighted by Crippen LogP contribution is -2.43. The van der Waals surface area contributed by atoms with Crippen molar-refractivity contribution >= 4 is 17.8 Å². The van der Waals surface area contributed by atoms with Gasteiger partial charge in [-0.05, 0) is 79.4 Å². The molecular weight excluding hydrogens is 470 g/mol. The number of amides is 2. The number of esters is 1. The highest BCUT2D eigenvalue weighted by atomic mass is 16.5. The van der Waals surface area contributed by atoms with E-state index < -0.39 is 11.9 Å². The van der Waals surface area contributed by atoms with Crippen LogP contribution in [-0.2, 0) is 16.1 Å². The average Bonchev–Trinajstić information content (AvgIpc) is 3.36. The van der Waals surface area contributed by atoms with Crippen LogP contribution in [-0.4, -0.2) is 47.5 Å². The van der Waals surface area contributed by atoms with E-state index in [4.69, 9.17) is 10.5 Å². The number of nitrogens with two attached hydrogens (primary N) is 1. The van der Waals surface area contributed by atoms with Crippen LogP contribution < -0.4 is 11.1 Å². The van der Waals surface area contributed by atoms with Crippen LogP contribution in [0.25, 0.3) is 11.1 Å². The number of primary amides is 1. The minimum atomic E-state index is -0.596. The Morgan fingerprint density at radius 3 is 2.49 bits per heavy atom. The third kappa shape index (κ3) is 5.98. The van der Waals surface area contributed by atoms with Gasteiger partial charge in [-0.1, -0.05) is 30.3 Å². The summed E-state index contributed by atoms with van der Waals surface area (Å²) in [6.45, 7) is 3.32. The molecule has 2 atom stereocenters. The zero-order chi connectivity index (χ0) is 26.5. The van der Waals surface area contributed by atoms with Crippen molar-refractivity contribution in [3.63, 3.8) is 0 Å². The fraction of sp³-hybridized carbons (Fsp3) is 0.276.